The molecule has 2 aromatic heterocycles. The minimum Gasteiger partial charge on any atom is -0.378 e. The Morgan fingerprint density at radius 2 is 1.67 bits per heavy atom. The normalized spacial score (nSPS) is 10.6. The zero-order valence-corrected chi connectivity index (χ0v) is 16.9. The molecule has 4 rings (SSSR count). The van der Waals surface area contributed by atoms with Crippen LogP contribution in [-0.2, 0) is 6.54 Å². The van der Waals surface area contributed by atoms with Gasteiger partial charge in [-0.1, -0.05) is 53.7 Å². The summed E-state index contributed by atoms with van der Waals surface area (Å²) in [5.41, 5.74) is 3.20. The number of carbonyl (C=O) groups excluding carboxylic acids is 1. The molecule has 0 bridgehead atoms. The fourth-order valence-electron chi connectivity index (χ4n) is 3.11. The second-order valence-corrected chi connectivity index (χ2v) is 7.08. The van der Waals surface area contributed by atoms with Crippen LogP contribution in [0.15, 0.2) is 89.6 Å². The predicted molar refractivity (Wildman–Crippen MR) is 117 cm³/mol. The van der Waals surface area contributed by atoms with Crippen LogP contribution in [-0.4, -0.2) is 30.1 Å². The van der Waals surface area contributed by atoms with Crippen molar-refractivity contribution in [1.29, 1.82) is 0 Å². The number of nitrogens with zero attached hydrogens (tertiary/aromatic N) is 4. The molecule has 0 saturated heterocycles. The van der Waals surface area contributed by atoms with Crippen LogP contribution in [0.25, 0.3) is 11.3 Å². The maximum Gasteiger partial charge on any atom is 0.281 e. The Bertz CT molecular complexity index is 1110. The van der Waals surface area contributed by atoms with Gasteiger partial charge in [0, 0.05) is 37.6 Å². The van der Waals surface area contributed by atoms with Crippen LogP contribution in [0.5, 0.6) is 0 Å². The molecule has 30 heavy (non-hydrogen) atoms. The third-order valence-corrected chi connectivity index (χ3v) is 4.75. The zero-order valence-electron chi connectivity index (χ0n) is 16.9. The van der Waals surface area contributed by atoms with Crippen LogP contribution in [0.2, 0.25) is 0 Å². The minimum absolute atomic E-state index is 0.240. The number of hydrogen-bond donors (Lipinski definition) is 0. The van der Waals surface area contributed by atoms with Gasteiger partial charge < -0.3 is 9.42 Å². The van der Waals surface area contributed by atoms with E-state index in [0.29, 0.717) is 18.1 Å². The van der Waals surface area contributed by atoms with Gasteiger partial charge >= 0.3 is 0 Å². The molecule has 1 amide bonds. The van der Waals surface area contributed by atoms with E-state index in [0.717, 1.165) is 16.8 Å². The van der Waals surface area contributed by atoms with Gasteiger partial charge in [-0.25, -0.2) is 4.98 Å². The molecule has 6 nitrogen and oxygen atoms in total. The first-order chi connectivity index (χ1) is 14.6. The van der Waals surface area contributed by atoms with Crippen LogP contribution < -0.4 is 9.80 Å². The van der Waals surface area contributed by atoms with E-state index in [1.54, 1.807) is 17.2 Å². The summed E-state index contributed by atoms with van der Waals surface area (Å²) in [5.74, 6) is 0.843. The summed E-state index contributed by atoms with van der Waals surface area (Å²) in [7, 11) is 3.99. The molecular formula is C24H22N4O2. The number of anilines is 2. The van der Waals surface area contributed by atoms with E-state index in [4.69, 9.17) is 4.52 Å². The minimum atomic E-state index is -0.267. The van der Waals surface area contributed by atoms with Crippen LogP contribution in [0.4, 0.5) is 11.5 Å². The van der Waals surface area contributed by atoms with E-state index in [2.05, 4.69) is 10.1 Å². The molecular weight excluding hydrogens is 376 g/mol. The first-order valence-electron chi connectivity index (χ1n) is 9.63. The summed E-state index contributed by atoms with van der Waals surface area (Å²) in [6.07, 6.45) is 1.67. The number of pyridine rings is 1. The van der Waals surface area contributed by atoms with Gasteiger partial charge in [-0.05, 0) is 29.8 Å². The number of benzene rings is 2. The van der Waals surface area contributed by atoms with E-state index in [9.17, 15) is 4.79 Å². The molecule has 0 fully saturated rings. The van der Waals surface area contributed by atoms with E-state index in [1.165, 1.54) is 0 Å². The predicted octanol–water partition coefficient (Wildman–Crippen LogP) is 4.65. The topological polar surface area (TPSA) is 62.5 Å². The van der Waals surface area contributed by atoms with Gasteiger partial charge in [0.25, 0.3) is 5.91 Å². The van der Waals surface area contributed by atoms with E-state index < -0.39 is 0 Å². The molecule has 0 aliphatic rings. The van der Waals surface area contributed by atoms with Crippen LogP contribution in [0.3, 0.4) is 0 Å². The van der Waals surface area contributed by atoms with Crippen molar-refractivity contribution in [3.05, 3.63) is 96.3 Å². The highest BCUT2D eigenvalue weighted by Crippen LogP contribution is 2.23. The molecule has 6 heteroatoms. The summed E-state index contributed by atoms with van der Waals surface area (Å²) < 4.78 is 5.43. The van der Waals surface area contributed by atoms with Crippen molar-refractivity contribution in [3.8, 4) is 11.3 Å². The zero-order chi connectivity index (χ0) is 20.9. The van der Waals surface area contributed by atoms with Gasteiger partial charge in [-0.15, -0.1) is 0 Å². The maximum atomic E-state index is 13.3. The number of amides is 1. The lowest BCUT2D eigenvalue weighted by molar-refractivity contribution is 0.0975. The summed E-state index contributed by atoms with van der Waals surface area (Å²) in [5, 5.41) is 4.02. The summed E-state index contributed by atoms with van der Waals surface area (Å²) in [6, 6.07) is 24.8. The Morgan fingerprint density at radius 3 is 2.33 bits per heavy atom. The Balaban J connectivity index is 1.63. The van der Waals surface area contributed by atoms with Crippen molar-refractivity contribution < 1.29 is 9.32 Å². The third kappa shape index (κ3) is 4.22. The van der Waals surface area contributed by atoms with Gasteiger partial charge in [0.15, 0.2) is 11.5 Å². The van der Waals surface area contributed by atoms with E-state index >= 15 is 0 Å². The molecule has 0 unspecified atom stereocenters. The second-order valence-electron chi connectivity index (χ2n) is 7.08. The molecule has 0 N–H and O–H groups in total. The van der Waals surface area contributed by atoms with Gasteiger partial charge in [0.1, 0.15) is 5.82 Å². The SMILES string of the molecule is CN(C)c1ccc(CN(C(=O)c2cc(-c3ccccc3)on2)c2ccccn2)cc1. The highest BCUT2D eigenvalue weighted by atomic mass is 16.5. The molecule has 0 radical (unpaired) electrons. The first-order valence-corrected chi connectivity index (χ1v) is 9.63. The Labute approximate surface area is 175 Å². The average Bonchev–Trinajstić information content (AvgIpc) is 3.29. The van der Waals surface area contributed by atoms with Crippen molar-refractivity contribution in [2.45, 2.75) is 6.54 Å². The fourth-order valence-corrected chi connectivity index (χ4v) is 3.11. The van der Waals surface area contributed by atoms with Crippen molar-refractivity contribution in [2.24, 2.45) is 0 Å². The standard InChI is InChI=1S/C24H22N4O2/c1-27(2)20-13-11-18(12-14-20)17-28(23-10-6-7-15-25-23)24(29)21-16-22(30-26-21)19-8-4-3-5-9-19/h3-16H,17H2,1-2H3. The molecule has 2 aromatic carbocycles. The number of aromatic nitrogens is 2. The van der Waals surface area contributed by atoms with Crippen molar-refractivity contribution in [3.63, 3.8) is 0 Å². The van der Waals surface area contributed by atoms with Crippen LogP contribution in [0.1, 0.15) is 16.1 Å². The summed E-state index contributed by atoms with van der Waals surface area (Å²) in [4.78, 5) is 21.3. The van der Waals surface area contributed by atoms with Crippen LogP contribution >= 0.6 is 0 Å². The Kier molecular flexibility index (Phi) is 5.57. The first kappa shape index (κ1) is 19.4. The summed E-state index contributed by atoms with van der Waals surface area (Å²) in [6.45, 7) is 0.372. The van der Waals surface area contributed by atoms with Gasteiger partial charge in [0.2, 0.25) is 0 Å². The third-order valence-electron chi connectivity index (χ3n) is 4.75. The van der Waals surface area contributed by atoms with Gasteiger partial charge in [-0.2, -0.15) is 0 Å². The average molecular weight is 398 g/mol. The lowest BCUT2D eigenvalue weighted by atomic mass is 10.1. The largest absolute Gasteiger partial charge is 0.378 e. The Morgan fingerprint density at radius 1 is 0.933 bits per heavy atom. The number of carbonyl (C=O) groups is 1. The van der Waals surface area contributed by atoms with Crippen molar-refractivity contribution >= 4 is 17.4 Å². The molecule has 150 valence electrons. The van der Waals surface area contributed by atoms with Crippen molar-refractivity contribution in [1.82, 2.24) is 10.1 Å². The Hall–Kier alpha value is -3.93. The number of rotatable bonds is 6. The molecule has 0 aliphatic heterocycles. The maximum absolute atomic E-state index is 13.3. The lowest BCUT2D eigenvalue weighted by Gasteiger charge is -2.21. The monoisotopic (exact) mass is 398 g/mol. The highest BCUT2D eigenvalue weighted by molar-refractivity contribution is 6.04. The van der Waals surface area contributed by atoms with E-state index in [1.807, 2.05) is 91.8 Å². The summed E-state index contributed by atoms with van der Waals surface area (Å²) >= 11 is 0. The van der Waals surface area contributed by atoms with Gasteiger partial charge in [-0.3, -0.25) is 9.69 Å². The highest BCUT2D eigenvalue weighted by Gasteiger charge is 2.23. The molecule has 4 aromatic rings. The fraction of sp³-hybridized carbons (Fsp3) is 0.125. The molecule has 2 heterocycles. The smallest absolute Gasteiger partial charge is 0.281 e. The van der Waals surface area contributed by atoms with Gasteiger partial charge in [0.05, 0.1) is 6.54 Å². The van der Waals surface area contributed by atoms with Crippen LogP contribution in [0, 0.1) is 0 Å². The quantitative estimate of drug-likeness (QED) is 0.473. The molecule has 0 saturated carbocycles. The van der Waals surface area contributed by atoms with Crippen molar-refractivity contribution in [2.75, 3.05) is 23.9 Å². The second kappa shape index (κ2) is 8.61. The number of hydrogen-bond acceptors (Lipinski definition) is 5. The molecule has 0 aliphatic carbocycles. The van der Waals surface area contributed by atoms with E-state index in [-0.39, 0.29) is 11.6 Å². The lowest BCUT2D eigenvalue weighted by Crippen LogP contribution is -2.31. The molecule has 0 spiro atoms. The molecule has 0 atom stereocenters.